The fourth-order valence-corrected chi connectivity index (χ4v) is 3.74. The van der Waals surface area contributed by atoms with Gasteiger partial charge in [-0.2, -0.15) is 13.2 Å². The molecule has 0 saturated carbocycles. The van der Waals surface area contributed by atoms with Gasteiger partial charge in [0, 0.05) is 29.4 Å². The summed E-state index contributed by atoms with van der Waals surface area (Å²) in [6.07, 6.45) is -7.53. The third-order valence-corrected chi connectivity index (χ3v) is 5.45. The van der Waals surface area contributed by atoms with Crippen LogP contribution < -0.4 is 5.56 Å². The van der Waals surface area contributed by atoms with Crippen LogP contribution in [-0.2, 0) is 10.9 Å². The van der Waals surface area contributed by atoms with Gasteiger partial charge in [-0.05, 0) is 36.8 Å². The highest BCUT2D eigenvalue weighted by Crippen LogP contribution is 2.31. The lowest BCUT2D eigenvalue weighted by molar-refractivity contribution is -0.141. The molecule has 0 aliphatic carbocycles. The molecule has 1 unspecified atom stereocenters. The normalized spacial score (nSPS) is 17.1. The first kappa shape index (κ1) is 22.8. The van der Waals surface area contributed by atoms with Crippen LogP contribution in [-0.4, -0.2) is 52.4 Å². The average Bonchev–Trinajstić information content (AvgIpc) is 2.80. The molecule has 3 heterocycles. The minimum absolute atomic E-state index is 0.00376. The molecule has 1 saturated heterocycles. The van der Waals surface area contributed by atoms with E-state index < -0.39 is 41.4 Å². The summed E-state index contributed by atoms with van der Waals surface area (Å²) in [4.78, 5) is 30.2. The Morgan fingerprint density at radius 1 is 1.18 bits per heavy atom. The first-order valence-corrected chi connectivity index (χ1v) is 9.96. The van der Waals surface area contributed by atoms with E-state index in [4.69, 9.17) is 4.74 Å². The number of carbonyl (C=O) groups is 1. The molecular weight excluding hydrogens is 449 g/mol. The molecule has 4 rings (SSSR count). The zero-order chi connectivity index (χ0) is 23.9. The Kier molecular flexibility index (Phi) is 5.91. The molecular formula is C22H18F5N3O3. The van der Waals surface area contributed by atoms with Gasteiger partial charge < -0.3 is 9.64 Å². The molecule has 33 heavy (non-hydrogen) atoms. The third kappa shape index (κ3) is 4.32. The zero-order valence-electron chi connectivity index (χ0n) is 17.3. The molecule has 11 heteroatoms. The van der Waals surface area contributed by atoms with Gasteiger partial charge in [-0.25, -0.2) is 13.8 Å². The van der Waals surface area contributed by atoms with Crippen LogP contribution in [0.2, 0.25) is 0 Å². The maximum absolute atomic E-state index is 13.4. The van der Waals surface area contributed by atoms with Crippen LogP contribution in [0.15, 0.2) is 47.4 Å². The Morgan fingerprint density at radius 3 is 2.52 bits per heavy atom. The Bertz CT molecular complexity index is 1260. The zero-order valence-corrected chi connectivity index (χ0v) is 17.3. The summed E-state index contributed by atoms with van der Waals surface area (Å²) >= 11 is 0. The van der Waals surface area contributed by atoms with E-state index in [0.29, 0.717) is 5.56 Å². The number of pyridine rings is 1. The molecule has 1 aromatic carbocycles. The molecule has 1 aliphatic rings. The topological polar surface area (TPSA) is 63.9 Å². The Balaban J connectivity index is 1.69. The molecule has 174 valence electrons. The lowest BCUT2D eigenvalue weighted by atomic mass is 10.0. The predicted octanol–water partition coefficient (Wildman–Crippen LogP) is 3.79. The number of hydrogen-bond donors (Lipinski definition) is 0. The van der Waals surface area contributed by atoms with E-state index in [1.807, 2.05) is 0 Å². The first-order valence-electron chi connectivity index (χ1n) is 9.96. The van der Waals surface area contributed by atoms with Crippen LogP contribution in [0.25, 0.3) is 16.8 Å². The van der Waals surface area contributed by atoms with E-state index in [0.717, 1.165) is 11.3 Å². The third-order valence-electron chi connectivity index (χ3n) is 5.45. The number of aromatic nitrogens is 2. The Morgan fingerprint density at radius 2 is 1.88 bits per heavy atom. The maximum Gasteiger partial charge on any atom is 0.433 e. The fraction of sp³-hybridized carbons (Fsp3) is 0.318. The number of rotatable bonds is 3. The highest BCUT2D eigenvalue weighted by atomic mass is 19.4. The van der Waals surface area contributed by atoms with Crippen molar-refractivity contribution in [3.05, 3.63) is 69.8 Å². The van der Waals surface area contributed by atoms with Crippen molar-refractivity contribution >= 4 is 11.6 Å². The number of nitrogens with zero attached hydrogens (tertiary/aromatic N) is 3. The van der Waals surface area contributed by atoms with Crippen LogP contribution in [0.1, 0.15) is 21.6 Å². The van der Waals surface area contributed by atoms with Gasteiger partial charge in [-0.15, -0.1) is 0 Å². The summed E-state index contributed by atoms with van der Waals surface area (Å²) in [7, 11) is 0. The number of benzene rings is 1. The number of alkyl halides is 5. The molecule has 1 atom stereocenters. The number of fused-ring (bicyclic) bond motifs is 1. The molecule has 2 aromatic heterocycles. The molecule has 0 N–H and O–H groups in total. The summed E-state index contributed by atoms with van der Waals surface area (Å²) < 4.78 is 72.0. The number of amides is 1. The van der Waals surface area contributed by atoms with Crippen LogP contribution >= 0.6 is 0 Å². The summed E-state index contributed by atoms with van der Waals surface area (Å²) in [5.41, 5.74) is -1.84. The molecule has 1 amide bonds. The van der Waals surface area contributed by atoms with Gasteiger partial charge in [0.2, 0.25) is 0 Å². The molecule has 1 aliphatic heterocycles. The lowest BCUT2D eigenvalue weighted by Gasteiger charge is -2.32. The summed E-state index contributed by atoms with van der Waals surface area (Å²) in [5.74, 6) is -0.460. The quantitative estimate of drug-likeness (QED) is 0.550. The molecule has 0 radical (unpaired) electrons. The molecule has 6 nitrogen and oxygen atoms in total. The van der Waals surface area contributed by atoms with E-state index in [-0.39, 0.29) is 36.5 Å². The minimum atomic E-state index is -4.80. The minimum Gasteiger partial charge on any atom is -0.369 e. The largest absolute Gasteiger partial charge is 0.433 e. The van der Waals surface area contributed by atoms with Crippen molar-refractivity contribution in [1.82, 2.24) is 14.3 Å². The van der Waals surface area contributed by atoms with Gasteiger partial charge in [-0.3, -0.25) is 14.0 Å². The summed E-state index contributed by atoms with van der Waals surface area (Å²) in [6.45, 7) is 0.992. The number of morpholine rings is 1. The van der Waals surface area contributed by atoms with Gasteiger partial charge >= 0.3 is 6.18 Å². The van der Waals surface area contributed by atoms with E-state index >= 15 is 0 Å². The average molecular weight is 467 g/mol. The van der Waals surface area contributed by atoms with E-state index in [1.54, 1.807) is 0 Å². The van der Waals surface area contributed by atoms with Gasteiger partial charge in [0.15, 0.2) is 5.69 Å². The number of ether oxygens (including phenoxy) is 1. The second-order valence-corrected chi connectivity index (χ2v) is 7.58. The molecule has 0 spiro atoms. The highest BCUT2D eigenvalue weighted by molar-refractivity contribution is 5.95. The van der Waals surface area contributed by atoms with Crippen LogP contribution in [0.5, 0.6) is 0 Å². The van der Waals surface area contributed by atoms with Crippen LogP contribution in [0, 0.1) is 6.92 Å². The predicted molar refractivity (Wildman–Crippen MR) is 108 cm³/mol. The Labute approximate surface area is 184 Å². The van der Waals surface area contributed by atoms with E-state index in [2.05, 4.69) is 4.98 Å². The molecule has 1 fully saturated rings. The van der Waals surface area contributed by atoms with Crippen LogP contribution in [0.3, 0.4) is 0 Å². The van der Waals surface area contributed by atoms with Crippen molar-refractivity contribution in [2.24, 2.45) is 0 Å². The first-order chi connectivity index (χ1) is 15.6. The van der Waals surface area contributed by atoms with Gasteiger partial charge in [-0.1, -0.05) is 12.1 Å². The van der Waals surface area contributed by atoms with Crippen molar-refractivity contribution in [1.29, 1.82) is 0 Å². The molecule has 0 bridgehead atoms. The van der Waals surface area contributed by atoms with E-state index in [1.165, 1.54) is 47.5 Å². The SMILES string of the molecule is Cc1c(C(F)(F)F)nc2c(-c3ccc(C(=O)N4CCOC(C(F)F)C4)cc3)cccn2c1=O. The fourth-order valence-electron chi connectivity index (χ4n) is 3.74. The van der Waals surface area contributed by atoms with Crippen molar-refractivity contribution in [3.63, 3.8) is 0 Å². The summed E-state index contributed by atoms with van der Waals surface area (Å²) in [5, 5.41) is 0. The summed E-state index contributed by atoms with van der Waals surface area (Å²) in [6, 6.07) is 8.94. The number of halogens is 5. The lowest BCUT2D eigenvalue weighted by Crippen LogP contribution is -2.48. The second-order valence-electron chi connectivity index (χ2n) is 7.58. The van der Waals surface area contributed by atoms with Crippen molar-refractivity contribution < 1.29 is 31.5 Å². The van der Waals surface area contributed by atoms with Gasteiger partial charge in [0.25, 0.3) is 17.9 Å². The second kappa shape index (κ2) is 8.54. The van der Waals surface area contributed by atoms with Crippen molar-refractivity contribution in [3.8, 4) is 11.1 Å². The smallest absolute Gasteiger partial charge is 0.369 e. The number of hydrogen-bond acceptors (Lipinski definition) is 4. The van der Waals surface area contributed by atoms with Gasteiger partial charge in [0.1, 0.15) is 11.8 Å². The maximum atomic E-state index is 13.4. The van der Waals surface area contributed by atoms with Crippen molar-refractivity contribution in [2.75, 3.05) is 19.7 Å². The monoisotopic (exact) mass is 467 g/mol. The number of carbonyl (C=O) groups excluding carboxylic acids is 1. The van der Waals surface area contributed by atoms with E-state index in [9.17, 15) is 31.5 Å². The highest BCUT2D eigenvalue weighted by Gasteiger charge is 2.36. The van der Waals surface area contributed by atoms with Gasteiger partial charge in [0.05, 0.1) is 13.2 Å². The van der Waals surface area contributed by atoms with Crippen molar-refractivity contribution in [2.45, 2.75) is 25.6 Å². The molecule has 3 aromatic rings. The standard InChI is InChI=1S/C22H18F5N3O3/c1-12-17(22(25,26)27)28-19-15(3-2-8-30(19)20(12)31)13-4-6-14(7-5-13)21(32)29-9-10-33-16(11-29)18(23)24/h2-8,16,18H,9-11H2,1H3. The van der Waals surface area contributed by atoms with Crippen LogP contribution in [0.4, 0.5) is 22.0 Å². The Hall–Kier alpha value is -3.34.